The van der Waals surface area contributed by atoms with Crippen molar-refractivity contribution in [2.24, 2.45) is 0 Å². The van der Waals surface area contributed by atoms with Crippen molar-refractivity contribution in [1.29, 1.82) is 0 Å². The molecule has 0 spiro atoms. The van der Waals surface area contributed by atoms with Gasteiger partial charge in [-0.3, -0.25) is 10.1 Å². The first-order chi connectivity index (χ1) is 15.6. The molecule has 0 aliphatic heterocycles. The minimum Gasteiger partial charge on any atom is -0.493 e. The first kappa shape index (κ1) is 25.3. The Morgan fingerprint density at radius 1 is 0.939 bits per heavy atom. The summed E-state index contributed by atoms with van der Waals surface area (Å²) in [5.74, 6) is -0.178. The molecule has 0 heterocycles. The molecule has 0 aliphatic rings. The van der Waals surface area contributed by atoms with Crippen LogP contribution in [0.5, 0.6) is 11.5 Å². The number of hydrogen-bond acceptors (Lipinski definition) is 7. The van der Waals surface area contributed by atoms with Crippen molar-refractivity contribution in [3.63, 3.8) is 0 Å². The van der Waals surface area contributed by atoms with Crippen molar-refractivity contribution < 1.29 is 33.3 Å². The van der Waals surface area contributed by atoms with Gasteiger partial charge in [0.25, 0.3) is 5.91 Å². The maximum Gasteiger partial charge on any atom is 0.412 e. The van der Waals surface area contributed by atoms with Crippen LogP contribution in [0.15, 0.2) is 48.5 Å². The molecular formula is C24H28N2O7. The first-order valence-corrected chi connectivity index (χ1v) is 10.1. The van der Waals surface area contributed by atoms with Crippen LogP contribution < -0.4 is 20.1 Å². The highest BCUT2D eigenvalue weighted by molar-refractivity contribution is 5.98. The van der Waals surface area contributed by atoms with Crippen molar-refractivity contribution in [3.05, 3.63) is 54.1 Å². The second-order valence-corrected chi connectivity index (χ2v) is 7.78. The topological polar surface area (TPSA) is 112 Å². The zero-order valence-electron chi connectivity index (χ0n) is 19.3. The molecule has 0 aliphatic carbocycles. The highest BCUT2D eigenvalue weighted by Crippen LogP contribution is 2.29. The standard InChI is InChI=1S/C24H28N2O7/c1-24(2,3)33-23(29)26-18-9-7-6-8-17(18)25-21(27)15-32-19-12-10-16(14-20(19)30-4)11-13-22(28)31-5/h6-14H,15H2,1-5H3,(H,25,27)(H,26,29). The summed E-state index contributed by atoms with van der Waals surface area (Å²) in [5.41, 5.74) is 0.822. The van der Waals surface area contributed by atoms with Crippen molar-refractivity contribution in [2.45, 2.75) is 26.4 Å². The molecular weight excluding hydrogens is 428 g/mol. The van der Waals surface area contributed by atoms with E-state index in [2.05, 4.69) is 15.4 Å². The molecule has 9 heteroatoms. The van der Waals surface area contributed by atoms with E-state index in [1.807, 2.05) is 0 Å². The Hall–Kier alpha value is -4.01. The summed E-state index contributed by atoms with van der Waals surface area (Å²) in [6.07, 6.45) is 2.22. The molecule has 2 aromatic carbocycles. The van der Waals surface area contributed by atoms with Gasteiger partial charge in [0.1, 0.15) is 5.60 Å². The number of esters is 1. The summed E-state index contributed by atoms with van der Waals surface area (Å²) in [7, 11) is 2.76. The summed E-state index contributed by atoms with van der Waals surface area (Å²) in [4.78, 5) is 35.7. The normalized spacial score (nSPS) is 10.9. The lowest BCUT2D eigenvalue weighted by Crippen LogP contribution is -2.28. The molecule has 9 nitrogen and oxygen atoms in total. The number of methoxy groups -OCH3 is 2. The van der Waals surface area contributed by atoms with E-state index in [-0.39, 0.29) is 6.61 Å². The lowest BCUT2D eigenvalue weighted by molar-refractivity contribution is -0.134. The maximum absolute atomic E-state index is 12.4. The molecule has 0 saturated carbocycles. The third-order valence-corrected chi connectivity index (χ3v) is 4.00. The lowest BCUT2D eigenvalue weighted by atomic mass is 10.2. The quantitative estimate of drug-likeness (QED) is 0.451. The van der Waals surface area contributed by atoms with Crippen LogP contribution in [0.4, 0.5) is 16.2 Å². The highest BCUT2D eigenvalue weighted by Gasteiger charge is 2.18. The van der Waals surface area contributed by atoms with Crippen molar-refractivity contribution in [2.75, 3.05) is 31.5 Å². The summed E-state index contributed by atoms with van der Waals surface area (Å²) >= 11 is 0. The fourth-order valence-electron chi connectivity index (χ4n) is 2.58. The number of nitrogens with one attached hydrogen (secondary N) is 2. The number of rotatable bonds is 8. The maximum atomic E-state index is 12.4. The van der Waals surface area contributed by atoms with Gasteiger partial charge in [0, 0.05) is 6.08 Å². The van der Waals surface area contributed by atoms with Crippen LogP contribution in [-0.4, -0.2) is 44.4 Å². The van der Waals surface area contributed by atoms with Gasteiger partial charge in [0.2, 0.25) is 0 Å². The molecule has 0 radical (unpaired) electrons. The molecule has 0 fully saturated rings. The predicted octanol–water partition coefficient (Wildman–Crippen LogP) is 4.25. The summed E-state index contributed by atoms with van der Waals surface area (Å²) in [6.45, 7) is 4.98. The molecule has 176 valence electrons. The summed E-state index contributed by atoms with van der Waals surface area (Å²) < 4.78 is 20.7. The highest BCUT2D eigenvalue weighted by atomic mass is 16.6. The van der Waals surface area contributed by atoms with Crippen LogP contribution in [0.3, 0.4) is 0 Å². The Kier molecular flexibility index (Phi) is 8.85. The molecule has 0 aromatic heterocycles. The Bertz CT molecular complexity index is 1030. The molecule has 0 saturated heterocycles. The van der Waals surface area contributed by atoms with Crippen LogP contribution in [-0.2, 0) is 19.1 Å². The van der Waals surface area contributed by atoms with Crippen LogP contribution >= 0.6 is 0 Å². The smallest absolute Gasteiger partial charge is 0.412 e. The van der Waals surface area contributed by atoms with Crippen LogP contribution in [0, 0.1) is 0 Å². The number of amides is 2. The molecule has 0 unspecified atom stereocenters. The minimum atomic E-state index is -0.653. The van der Waals surface area contributed by atoms with E-state index in [0.29, 0.717) is 28.4 Å². The summed E-state index contributed by atoms with van der Waals surface area (Å²) in [5, 5.41) is 5.32. The molecule has 2 rings (SSSR count). The number of carbonyl (C=O) groups excluding carboxylic acids is 3. The number of anilines is 2. The zero-order chi connectivity index (χ0) is 24.4. The first-order valence-electron chi connectivity index (χ1n) is 10.1. The van der Waals surface area contributed by atoms with E-state index in [9.17, 15) is 14.4 Å². The van der Waals surface area contributed by atoms with E-state index < -0.39 is 23.6 Å². The van der Waals surface area contributed by atoms with Gasteiger partial charge in [-0.05, 0) is 56.7 Å². The lowest BCUT2D eigenvalue weighted by Gasteiger charge is -2.20. The van der Waals surface area contributed by atoms with Crippen molar-refractivity contribution in [3.8, 4) is 11.5 Å². The molecule has 0 atom stereocenters. The molecule has 0 bridgehead atoms. The largest absolute Gasteiger partial charge is 0.493 e. The van der Waals surface area contributed by atoms with Gasteiger partial charge in [-0.2, -0.15) is 0 Å². The van der Waals surface area contributed by atoms with Crippen LogP contribution in [0.2, 0.25) is 0 Å². The molecule has 2 aromatic rings. The van der Waals surface area contributed by atoms with Gasteiger partial charge in [-0.15, -0.1) is 0 Å². The third-order valence-electron chi connectivity index (χ3n) is 4.00. The van der Waals surface area contributed by atoms with E-state index >= 15 is 0 Å². The summed E-state index contributed by atoms with van der Waals surface area (Å²) in [6, 6.07) is 11.7. The number of ether oxygens (including phenoxy) is 4. The Balaban J connectivity index is 2.01. The van der Waals surface area contributed by atoms with Gasteiger partial charge in [-0.1, -0.05) is 18.2 Å². The number of benzene rings is 2. The Labute approximate surface area is 192 Å². The van der Waals surface area contributed by atoms with E-state index in [4.69, 9.17) is 14.2 Å². The molecule has 33 heavy (non-hydrogen) atoms. The third kappa shape index (κ3) is 8.56. The van der Waals surface area contributed by atoms with Crippen molar-refractivity contribution in [1.82, 2.24) is 0 Å². The Morgan fingerprint density at radius 3 is 2.21 bits per heavy atom. The van der Waals surface area contributed by atoms with Gasteiger partial charge in [0.05, 0.1) is 25.6 Å². The average Bonchev–Trinajstić information content (AvgIpc) is 2.76. The number of carbonyl (C=O) groups is 3. The number of para-hydroxylation sites is 2. The number of hydrogen-bond donors (Lipinski definition) is 2. The van der Waals surface area contributed by atoms with Crippen LogP contribution in [0.25, 0.3) is 6.08 Å². The Morgan fingerprint density at radius 2 is 1.61 bits per heavy atom. The second-order valence-electron chi connectivity index (χ2n) is 7.78. The predicted molar refractivity (Wildman–Crippen MR) is 124 cm³/mol. The fraction of sp³-hybridized carbons (Fsp3) is 0.292. The minimum absolute atomic E-state index is 0.297. The van der Waals surface area contributed by atoms with Crippen molar-refractivity contribution >= 4 is 35.4 Å². The van der Waals surface area contributed by atoms with E-state index in [1.54, 1.807) is 69.3 Å². The van der Waals surface area contributed by atoms with Gasteiger partial charge < -0.3 is 24.3 Å². The van der Waals surface area contributed by atoms with E-state index in [1.165, 1.54) is 20.3 Å². The second kappa shape index (κ2) is 11.6. The molecule has 2 amide bonds. The zero-order valence-corrected chi connectivity index (χ0v) is 19.3. The molecule has 2 N–H and O–H groups in total. The fourth-order valence-corrected chi connectivity index (χ4v) is 2.58. The van der Waals surface area contributed by atoms with Gasteiger partial charge in [0.15, 0.2) is 18.1 Å². The monoisotopic (exact) mass is 456 g/mol. The van der Waals surface area contributed by atoms with Gasteiger partial charge in [-0.25, -0.2) is 9.59 Å². The van der Waals surface area contributed by atoms with Gasteiger partial charge >= 0.3 is 12.1 Å². The van der Waals surface area contributed by atoms with E-state index in [0.717, 1.165) is 0 Å². The average molecular weight is 456 g/mol. The van der Waals surface area contributed by atoms with Crippen LogP contribution in [0.1, 0.15) is 26.3 Å². The SMILES string of the molecule is COC(=O)C=Cc1ccc(OCC(=O)Nc2ccccc2NC(=O)OC(C)(C)C)c(OC)c1.